The second kappa shape index (κ2) is 4.91. The SMILES string of the molecule is CC(C)Nc1nc(N)c(C(=O)NCC2(C3CC3)CC2)s1. The summed E-state index contributed by atoms with van der Waals surface area (Å²) in [6.07, 6.45) is 5.19. The zero-order valence-electron chi connectivity index (χ0n) is 12.0. The summed E-state index contributed by atoms with van der Waals surface area (Å²) in [5.41, 5.74) is 6.25. The molecule has 5 nitrogen and oxygen atoms in total. The minimum atomic E-state index is -0.0799. The van der Waals surface area contributed by atoms with Crippen LogP contribution in [0.4, 0.5) is 10.9 Å². The number of nitrogens with two attached hydrogens (primary N) is 1. The van der Waals surface area contributed by atoms with Gasteiger partial charge in [-0.2, -0.15) is 0 Å². The summed E-state index contributed by atoms with van der Waals surface area (Å²) >= 11 is 1.33. The standard InChI is InChI=1S/C14H22N4OS/c1-8(2)17-13-18-11(15)10(20-13)12(19)16-7-14(5-6-14)9-3-4-9/h8-9H,3-7,15H2,1-2H3,(H,16,19)(H,17,18). The van der Waals surface area contributed by atoms with Gasteiger partial charge in [0.25, 0.3) is 5.91 Å². The number of hydrogen-bond acceptors (Lipinski definition) is 5. The zero-order valence-corrected chi connectivity index (χ0v) is 12.8. The molecule has 0 atom stereocenters. The lowest BCUT2D eigenvalue weighted by atomic mass is 10.0. The molecule has 0 unspecified atom stereocenters. The van der Waals surface area contributed by atoms with Crippen LogP contribution < -0.4 is 16.4 Å². The van der Waals surface area contributed by atoms with Crippen LogP contribution in [-0.2, 0) is 0 Å². The molecule has 2 saturated carbocycles. The number of hydrogen-bond donors (Lipinski definition) is 3. The maximum atomic E-state index is 12.2. The van der Waals surface area contributed by atoms with E-state index in [0.29, 0.717) is 21.2 Å². The van der Waals surface area contributed by atoms with E-state index in [-0.39, 0.29) is 11.9 Å². The van der Waals surface area contributed by atoms with Gasteiger partial charge in [-0.15, -0.1) is 0 Å². The van der Waals surface area contributed by atoms with E-state index in [0.717, 1.165) is 12.5 Å². The average Bonchev–Trinajstić information content (AvgIpc) is 3.23. The first kappa shape index (κ1) is 13.7. The summed E-state index contributed by atoms with van der Waals surface area (Å²) in [6.45, 7) is 4.86. The van der Waals surface area contributed by atoms with E-state index in [4.69, 9.17) is 5.73 Å². The molecule has 0 saturated heterocycles. The van der Waals surface area contributed by atoms with E-state index in [1.54, 1.807) is 0 Å². The Labute approximate surface area is 123 Å². The molecule has 0 bridgehead atoms. The highest BCUT2D eigenvalue weighted by Gasteiger charge is 2.53. The molecule has 0 aromatic carbocycles. The van der Waals surface area contributed by atoms with Crippen LogP contribution in [0, 0.1) is 11.3 Å². The number of thiazole rings is 1. The van der Waals surface area contributed by atoms with Crippen LogP contribution in [0.15, 0.2) is 0 Å². The van der Waals surface area contributed by atoms with Gasteiger partial charge in [-0.3, -0.25) is 4.79 Å². The van der Waals surface area contributed by atoms with Crippen LogP contribution in [0.1, 0.15) is 49.2 Å². The molecular weight excluding hydrogens is 272 g/mol. The third kappa shape index (κ3) is 2.75. The number of rotatable bonds is 6. The summed E-state index contributed by atoms with van der Waals surface area (Å²) in [5, 5.41) is 6.95. The quantitative estimate of drug-likeness (QED) is 0.753. The van der Waals surface area contributed by atoms with Gasteiger partial charge < -0.3 is 16.4 Å². The highest BCUT2D eigenvalue weighted by molar-refractivity contribution is 7.18. The lowest BCUT2D eigenvalue weighted by Gasteiger charge is -2.14. The second-order valence-electron chi connectivity index (χ2n) is 6.35. The number of nitrogens with zero attached hydrogens (tertiary/aromatic N) is 1. The molecule has 20 heavy (non-hydrogen) atoms. The molecule has 0 radical (unpaired) electrons. The Bertz CT molecular complexity index is 517. The van der Waals surface area contributed by atoms with E-state index in [1.165, 1.54) is 37.0 Å². The van der Waals surface area contributed by atoms with E-state index in [1.807, 2.05) is 13.8 Å². The smallest absolute Gasteiger partial charge is 0.265 e. The fraction of sp³-hybridized carbons (Fsp3) is 0.714. The molecule has 110 valence electrons. The summed E-state index contributed by atoms with van der Waals surface area (Å²) in [7, 11) is 0. The highest BCUT2D eigenvalue weighted by Crippen LogP contribution is 2.60. The maximum Gasteiger partial charge on any atom is 0.265 e. The van der Waals surface area contributed by atoms with Crippen LogP contribution >= 0.6 is 11.3 Å². The van der Waals surface area contributed by atoms with Crippen LogP contribution in [0.5, 0.6) is 0 Å². The number of nitrogen functional groups attached to an aromatic ring is 1. The number of carbonyl (C=O) groups excluding carboxylic acids is 1. The van der Waals surface area contributed by atoms with Crippen molar-refractivity contribution >= 4 is 28.2 Å². The van der Waals surface area contributed by atoms with Crippen LogP contribution in [0.2, 0.25) is 0 Å². The third-order valence-corrected chi connectivity index (χ3v) is 5.21. The number of aromatic nitrogens is 1. The number of nitrogens with one attached hydrogen (secondary N) is 2. The second-order valence-corrected chi connectivity index (χ2v) is 7.35. The van der Waals surface area contributed by atoms with E-state index >= 15 is 0 Å². The third-order valence-electron chi connectivity index (χ3n) is 4.21. The first-order chi connectivity index (χ1) is 9.50. The van der Waals surface area contributed by atoms with Crippen LogP contribution in [0.25, 0.3) is 0 Å². The molecule has 1 heterocycles. The Balaban J connectivity index is 1.60. The molecule has 1 aromatic heterocycles. The van der Waals surface area contributed by atoms with E-state index in [9.17, 15) is 4.79 Å². The van der Waals surface area contributed by atoms with Gasteiger partial charge in [-0.1, -0.05) is 11.3 Å². The maximum absolute atomic E-state index is 12.2. The normalized spacial score (nSPS) is 19.9. The van der Waals surface area contributed by atoms with Crippen molar-refractivity contribution in [1.29, 1.82) is 0 Å². The van der Waals surface area contributed by atoms with Gasteiger partial charge in [0, 0.05) is 12.6 Å². The van der Waals surface area contributed by atoms with Crippen molar-refractivity contribution < 1.29 is 4.79 Å². The fourth-order valence-corrected chi connectivity index (χ4v) is 3.67. The van der Waals surface area contributed by atoms with Crippen molar-refractivity contribution in [1.82, 2.24) is 10.3 Å². The van der Waals surface area contributed by atoms with Crippen molar-refractivity contribution in [2.24, 2.45) is 11.3 Å². The number of anilines is 2. The average molecular weight is 294 g/mol. The van der Waals surface area contributed by atoms with Gasteiger partial charge >= 0.3 is 0 Å². The predicted octanol–water partition coefficient (Wildman–Crippen LogP) is 2.47. The molecule has 0 aliphatic heterocycles. The molecule has 1 aromatic rings. The molecule has 1 amide bonds. The molecule has 2 aliphatic rings. The van der Waals surface area contributed by atoms with Gasteiger partial charge in [-0.25, -0.2) is 4.98 Å². The van der Waals surface area contributed by atoms with Crippen LogP contribution in [0.3, 0.4) is 0 Å². The first-order valence-electron chi connectivity index (χ1n) is 7.31. The number of carbonyl (C=O) groups is 1. The lowest BCUT2D eigenvalue weighted by Crippen LogP contribution is -2.31. The van der Waals surface area contributed by atoms with Crippen molar-refractivity contribution in [2.75, 3.05) is 17.6 Å². The Kier molecular flexibility index (Phi) is 3.36. The topological polar surface area (TPSA) is 80.0 Å². The van der Waals surface area contributed by atoms with Crippen molar-refractivity contribution in [3.8, 4) is 0 Å². The Hall–Kier alpha value is -1.30. The monoisotopic (exact) mass is 294 g/mol. The van der Waals surface area contributed by atoms with Crippen molar-refractivity contribution in [3.05, 3.63) is 4.88 Å². The van der Waals surface area contributed by atoms with Gasteiger partial charge in [0.05, 0.1) is 0 Å². The van der Waals surface area contributed by atoms with Crippen molar-refractivity contribution in [2.45, 2.75) is 45.6 Å². The molecule has 2 fully saturated rings. The summed E-state index contributed by atoms with van der Waals surface area (Å²) in [5.74, 6) is 1.09. The minimum absolute atomic E-state index is 0.0799. The van der Waals surface area contributed by atoms with E-state index < -0.39 is 0 Å². The summed E-state index contributed by atoms with van der Waals surface area (Å²) < 4.78 is 0. The largest absolute Gasteiger partial charge is 0.382 e. The molecule has 2 aliphatic carbocycles. The lowest BCUT2D eigenvalue weighted by molar-refractivity contribution is 0.0947. The predicted molar refractivity (Wildman–Crippen MR) is 82.0 cm³/mol. The molecular formula is C14H22N4OS. The zero-order chi connectivity index (χ0) is 14.3. The minimum Gasteiger partial charge on any atom is -0.382 e. The highest BCUT2D eigenvalue weighted by atomic mass is 32.1. The van der Waals surface area contributed by atoms with Gasteiger partial charge in [0.2, 0.25) is 0 Å². The molecule has 0 spiro atoms. The van der Waals surface area contributed by atoms with Crippen LogP contribution in [-0.4, -0.2) is 23.5 Å². The van der Waals surface area contributed by atoms with Gasteiger partial charge in [-0.05, 0) is 50.9 Å². The molecule has 4 N–H and O–H groups in total. The number of amides is 1. The van der Waals surface area contributed by atoms with Crippen molar-refractivity contribution in [3.63, 3.8) is 0 Å². The summed E-state index contributed by atoms with van der Waals surface area (Å²) in [6, 6.07) is 0.279. The fourth-order valence-electron chi connectivity index (χ4n) is 2.73. The van der Waals surface area contributed by atoms with Gasteiger partial charge in [0.15, 0.2) is 5.13 Å². The Morgan fingerprint density at radius 2 is 2.20 bits per heavy atom. The summed E-state index contributed by atoms with van der Waals surface area (Å²) in [4.78, 5) is 17.0. The Morgan fingerprint density at radius 3 is 2.75 bits per heavy atom. The molecule has 6 heteroatoms. The van der Waals surface area contributed by atoms with Gasteiger partial charge in [0.1, 0.15) is 10.7 Å². The first-order valence-corrected chi connectivity index (χ1v) is 8.13. The molecule has 3 rings (SSSR count). The van der Waals surface area contributed by atoms with E-state index in [2.05, 4.69) is 15.6 Å². The Morgan fingerprint density at radius 1 is 1.50 bits per heavy atom.